The van der Waals surface area contributed by atoms with Crippen molar-refractivity contribution in [2.45, 2.75) is 39.0 Å². The maximum absolute atomic E-state index is 12.1. The molecule has 0 amide bonds. The molecule has 2 aliphatic carbocycles. The molecule has 0 aromatic carbocycles. The van der Waals surface area contributed by atoms with Gasteiger partial charge in [0, 0.05) is 6.42 Å². The Morgan fingerprint density at radius 1 is 1.40 bits per heavy atom. The molecular formula is C12H18O3. The number of ketones is 1. The van der Waals surface area contributed by atoms with E-state index in [0.717, 1.165) is 25.7 Å². The van der Waals surface area contributed by atoms with E-state index in [1.165, 1.54) is 7.11 Å². The van der Waals surface area contributed by atoms with Crippen molar-refractivity contribution < 1.29 is 14.3 Å². The molecule has 15 heavy (non-hydrogen) atoms. The van der Waals surface area contributed by atoms with Crippen LogP contribution in [0.25, 0.3) is 0 Å². The van der Waals surface area contributed by atoms with Gasteiger partial charge in [0.15, 0.2) is 5.78 Å². The number of fused-ring (bicyclic) bond motifs is 1. The van der Waals surface area contributed by atoms with E-state index < -0.39 is 5.41 Å². The first-order valence-corrected chi connectivity index (χ1v) is 5.75. The Balaban J connectivity index is 2.42. The summed E-state index contributed by atoms with van der Waals surface area (Å²) in [4.78, 5) is 24.1. The van der Waals surface area contributed by atoms with Crippen molar-refractivity contribution in [3.63, 3.8) is 0 Å². The Morgan fingerprint density at radius 2 is 2.13 bits per heavy atom. The van der Waals surface area contributed by atoms with Crippen molar-refractivity contribution in [3.8, 4) is 0 Å². The summed E-state index contributed by atoms with van der Waals surface area (Å²) < 4.78 is 4.88. The molecule has 0 aromatic rings. The van der Waals surface area contributed by atoms with E-state index in [9.17, 15) is 9.59 Å². The van der Waals surface area contributed by atoms with Gasteiger partial charge < -0.3 is 4.74 Å². The summed E-state index contributed by atoms with van der Waals surface area (Å²) in [5.74, 6) is 0.224. The molecule has 1 unspecified atom stereocenters. The van der Waals surface area contributed by atoms with Crippen molar-refractivity contribution in [1.82, 2.24) is 0 Å². The molecule has 3 heteroatoms. The Bertz CT molecular complexity index is 285. The lowest BCUT2D eigenvalue weighted by molar-refractivity contribution is -0.165. The molecule has 84 valence electrons. The fraction of sp³-hybridized carbons (Fsp3) is 0.833. The van der Waals surface area contributed by atoms with Crippen LogP contribution >= 0.6 is 0 Å². The molecule has 0 saturated heterocycles. The van der Waals surface area contributed by atoms with Crippen molar-refractivity contribution >= 4 is 11.8 Å². The van der Waals surface area contributed by atoms with Gasteiger partial charge in [-0.25, -0.2) is 0 Å². The van der Waals surface area contributed by atoms with Crippen LogP contribution in [0.3, 0.4) is 0 Å². The monoisotopic (exact) mass is 210 g/mol. The predicted octanol–water partition coefficient (Wildman–Crippen LogP) is 1.94. The van der Waals surface area contributed by atoms with Gasteiger partial charge in [0.2, 0.25) is 0 Å². The molecule has 0 aromatic heterocycles. The lowest BCUT2D eigenvalue weighted by atomic mass is 9.63. The first kappa shape index (κ1) is 10.7. The Labute approximate surface area is 90.2 Å². The molecule has 2 saturated carbocycles. The van der Waals surface area contributed by atoms with Crippen molar-refractivity contribution in [3.05, 3.63) is 0 Å². The van der Waals surface area contributed by atoms with Crippen LogP contribution in [-0.4, -0.2) is 18.9 Å². The van der Waals surface area contributed by atoms with Crippen LogP contribution in [0.4, 0.5) is 0 Å². The number of hydrogen-bond donors (Lipinski definition) is 0. The Kier molecular flexibility index (Phi) is 2.57. The SMILES string of the molecule is COC(=O)[C@@]12C(=O)CCC[C@@H]1CCC2C. The molecule has 0 radical (unpaired) electrons. The molecular weight excluding hydrogens is 192 g/mol. The number of rotatable bonds is 1. The fourth-order valence-electron chi connectivity index (χ4n) is 3.55. The van der Waals surface area contributed by atoms with Gasteiger partial charge in [-0.2, -0.15) is 0 Å². The van der Waals surface area contributed by atoms with Crippen molar-refractivity contribution in [2.75, 3.05) is 7.11 Å². The van der Waals surface area contributed by atoms with Crippen LogP contribution in [0, 0.1) is 17.3 Å². The van der Waals surface area contributed by atoms with Gasteiger partial charge in [0.25, 0.3) is 0 Å². The highest BCUT2D eigenvalue weighted by Crippen LogP contribution is 2.54. The lowest BCUT2D eigenvalue weighted by Gasteiger charge is -2.38. The van der Waals surface area contributed by atoms with E-state index in [0.29, 0.717) is 6.42 Å². The van der Waals surface area contributed by atoms with Crippen LogP contribution in [0.2, 0.25) is 0 Å². The third kappa shape index (κ3) is 1.25. The van der Waals surface area contributed by atoms with Crippen LogP contribution in [0.15, 0.2) is 0 Å². The highest BCUT2D eigenvalue weighted by atomic mass is 16.5. The maximum Gasteiger partial charge on any atom is 0.319 e. The zero-order valence-electron chi connectivity index (χ0n) is 9.41. The molecule has 0 N–H and O–H groups in total. The molecule has 0 bridgehead atoms. The van der Waals surface area contributed by atoms with Gasteiger partial charge in [-0.15, -0.1) is 0 Å². The normalized spacial score (nSPS) is 40.0. The van der Waals surface area contributed by atoms with Gasteiger partial charge in [-0.05, 0) is 37.5 Å². The van der Waals surface area contributed by atoms with Gasteiger partial charge in [0.05, 0.1) is 7.11 Å². The van der Waals surface area contributed by atoms with Gasteiger partial charge in [-0.1, -0.05) is 6.92 Å². The summed E-state index contributed by atoms with van der Waals surface area (Å²) >= 11 is 0. The van der Waals surface area contributed by atoms with E-state index in [-0.39, 0.29) is 23.6 Å². The number of hydrogen-bond acceptors (Lipinski definition) is 3. The smallest absolute Gasteiger partial charge is 0.319 e. The number of methoxy groups -OCH3 is 1. The largest absolute Gasteiger partial charge is 0.468 e. The van der Waals surface area contributed by atoms with Crippen LogP contribution in [0.5, 0.6) is 0 Å². The summed E-state index contributed by atoms with van der Waals surface area (Å²) in [6.07, 6.45) is 4.48. The van der Waals surface area contributed by atoms with E-state index >= 15 is 0 Å². The second-order valence-corrected chi connectivity index (χ2v) is 4.85. The molecule has 3 nitrogen and oxygen atoms in total. The number of carbonyl (C=O) groups excluding carboxylic acids is 2. The third-order valence-electron chi connectivity index (χ3n) is 4.31. The maximum atomic E-state index is 12.1. The summed E-state index contributed by atoms with van der Waals surface area (Å²) in [5.41, 5.74) is -0.785. The number of ether oxygens (including phenoxy) is 1. The molecule has 0 aliphatic heterocycles. The molecule has 0 heterocycles. The fourth-order valence-corrected chi connectivity index (χ4v) is 3.55. The standard InChI is InChI=1S/C12H18O3/c1-8-6-7-9-4-3-5-10(13)12(8,9)11(14)15-2/h8-9H,3-7H2,1-2H3/t8?,9-,12-/m1/s1. The summed E-state index contributed by atoms with van der Waals surface area (Å²) in [7, 11) is 1.39. The Morgan fingerprint density at radius 3 is 2.80 bits per heavy atom. The highest BCUT2D eigenvalue weighted by Gasteiger charge is 2.60. The number of carbonyl (C=O) groups is 2. The summed E-state index contributed by atoms with van der Waals surface area (Å²) in [5, 5.41) is 0. The summed E-state index contributed by atoms with van der Waals surface area (Å²) in [6.45, 7) is 2.01. The van der Waals surface area contributed by atoms with E-state index in [2.05, 4.69) is 0 Å². The second-order valence-electron chi connectivity index (χ2n) is 4.85. The van der Waals surface area contributed by atoms with Gasteiger partial charge in [0.1, 0.15) is 5.41 Å². The van der Waals surface area contributed by atoms with Crippen LogP contribution in [0.1, 0.15) is 39.0 Å². The molecule has 2 fully saturated rings. The zero-order valence-corrected chi connectivity index (χ0v) is 9.41. The van der Waals surface area contributed by atoms with Gasteiger partial charge >= 0.3 is 5.97 Å². The number of Topliss-reactive ketones (excluding diaryl/α,β-unsaturated/α-hetero) is 1. The van der Waals surface area contributed by atoms with Crippen molar-refractivity contribution in [2.24, 2.45) is 17.3 Å². The molecule has 2 rings (SSSR count). The molecule has 3 atom stereocenters. The average molecular weight is 210 g/mol. The van der Waals surface area contributed by atoms with E-state index in [4.69, 9.17) is 4.74 Å². The molecule has 2 aliphatic rings. The topological polar surface area (TPSA) is 43.4 Å². The molecule has 0 spiro atoms. The highest BCUT2D eigenvalue weighted by molar-refractivity contribution is 6.05. The van der Waals surface area contributed by atoms with Gasteiger partial charge in [-0.3, -0.25) is 9.59 Å². The minimum Gasteiger partial charge on any atom is -0.468 e. The minimum atomic E-state index is -0.785. The lowest BCUT2D eigenvalue weighted by Crippen LogP contribution is -2.49. The van der Waals surface area contributed by atoms with E-state index in [1.807, 2.05) is 6.92 Å². The number of esters is 1. The quantitative estimate of drug-likeness (QED) is 0.490. The average Bonchev–Trinajstić information content (AvgIpc) is 2.58. The third-order valence-corrected chi connectivity index (χ3v) is 4.31. The van der Waals surface area contributed by atoms with Crippen molar-refractivity contribution in [1.29, 1.82) is 0 Å². The second kappa shape index (κ2) is 3.62. The summed E-state index contributed by atoms with van der Waals surface area (Å²) in [6, 6.07) is 0. The minimum absolute atomic E-state index is 0.121. The van der Waals surface area contributed by atoms with Crippen LogP contribution in [-0.2, 0) is 14.3 Å². The first-order chi connectivity index (χ1) is 7.14. The zero-order chi connectivity index (χ0) is 11.1. The first-order valence-electron chi connectivity index (χ1n) is 5.75. The Hall–Kier alpha value is -0.860. The predicted molar refractivity (Wildman–Crippen MR) is 55.2 cm³/mol. The van der Waals surface area contributed by atoms with Crippen LogP contribution < -0.4 is 0 Å². The van der Waals surface area contributed by atoms with E-state index in [1.54, 1.807) is 0 Å².